The lowest BCUT2D eigenvalue weighted by Crippen LogP contribution is -2.34. The van der Waals surface area contributed by atoms with E-state index < -0.39 is 0 Å². The standard InChI is InChI=1S/C15H27N3O/c1-2-9-18-11-13(10-16-18)15(12-19)17-14-7-5-3-4-6-8-14/h10-11,14-15,17,19H,2-9,12H2,1H3. The van der Waals surface area contributed by atoms with Crippen molar-refractivity contribution in [2.45, 2.75) is 70.5 Å². The topological polar surface area (TPSA) is 50.1 Å². The number of aryl methyl sites for hydroxylation is 1. The highest BCUT2D eigenvalue weighted by molar-refractivity contribution is 5.11. The van der Waals surface area contributed by atoms with Crippen molar-refractivity contribution in [1.82, 2.24) is 15.1 Å². The van der Waals surface area contributed by atoms with Gasteiger partial charge in [-0.3, -0.25) is 4.68 Å². The Balaban J connectivity index is 1.93. The molecule has 1 saturated carbocycles. The monoisotopic (exact) mass is 265 g/mol. The summed E-state index contributed by atoms with van der Waals surface area (Å²) >= 11 is 0. The maximum Gasteiger partial charge on any atom is 0.0627 e. The van der Waals surface area contributed by atoms with Crippen LogP contribution < -0.4 is 5.32 Å². The number of hydrogen-bond donors (Lipinski definition) is 2. The molecule has 0 bridgehead atoms. The Morgan fingerprint density at radius 1 is 1.37 bits per heavy atom. The number of aliphatic hydroxyl groups excluding tert-OH is 1. The molecule has 2 N–H and O–H groups in total. The lowest BCUT2D eigenvalue weighted by molar-refractivity contribution is 0.228. The lowest BCUT2D eigenvalue weighted by atomic mass is 10.1. The zero-order valence-corrected chi connectivity index (χ0v) is 12.0. The average molecular weight is 265 g/mol. The van der Waals surface area contributed by atoms with E-state index in [2.05, 4.69) is 23.5 Å². The number of rotatable bonds is 6. The molecule has 1 atom stereocenters. The average Bonchev–Trinajstić information content (AvgIpc) is 2.73. The molecule has 1 aromatic heterocycles. The minimum atomic E-state index is 0.0358. The van der Waals surface area contributed by atoms with Gasteiger partial charge in [-0.05, 0) is 19.3 Å². The SMILES string of the molecule is CCCn1cc(C(CO)NC2CCCCCC2)cn1. The van der Waals surface area contributed by atoms with Crippen molar-refractivity contribution in [2.24, 2.45) is 0 Å². The smallest absolute Gasteiger partial charge is 0.0627 e. The molecule has 4 heteroatoms. The highest BCUT2D eigenvalue weighted by atomic mass is 16.3. The molecule has 1 aliphatic carbocycles. The second-order valence-corrected chi connectivity index (χ2v) is 5.63. The highest BCUT2D eigenvalue weighted by Gasteiger charge is 2.18. The van der Waals surface area contributed by atoms with Gasteiger partial charge in [-0.2, -0.15) is 5.10 Å². The maximum atomic E-state index is 9.62. The summed E-state index contributed by atoms with van der Waals surface area (Å²) in [5.41, 5.74) is 1.11. The number of aliphatic hydroxyl groups is 1. The fourth-order valence-electron chi connectivity index (χ4n) is 2.90. The van der Waals surface area contributed by atoms with Crippen LogP contribution in [0, 0.1) is 0 Å². The highest BCUT2D eigenvalue weighted by Crippen LogP contribution is 2.21. The molecule has 4 nitrogen and oxygen atoms in total. The molecule has 1 unspecified atom stereocenters. The Kier molecular flexibility index (Phi) is 5.86. The van der Waals surface area contributed by atoms with E-state index in [0.717, 1.165) is 18.5 Å². The molecule has 1 heterocycles. The molecule has 0 aliphatic heterocycles. The van der Waals surface area contributed by atoms with Crippen LogP contribution in [0.4, 0.5) is 0 Å². The van der Waals surface area contributed by atoms with Gasteiger partial charge in [0.25, 0.3) is 0 Å². The van der Waals surface area contributed by atoms with E-state index in [1.165, 1.54) is 38.5 Å². The Bertz CT molecular complexity index is 356. The summed E-state index contributed by atoms with van der Waals surface area (Å²) in [4.78, 5) is 0. The van der Waals surface area contributed by atoms with Crippen LogP contribution >= 0.6 is 0 Å². The molecule has 1 fully saturated rings. The van der Waals surface area contributed by atoms with Gasteiger partial charge in [0.05, 0.1) is 18.8 Å². The molecular formula is C15H27N3O. The molecule has 0 spiro atoms. The van der Waals surface area contributed by atoms with Crippen LogP contribution in [0.15, 0.2) is 12.4 Å². The third kappa shape index (κ3) is 4.32. The molecule has 0 saturated heterocycles. The molecule has 0 radical (unpaired) electrons. The zero-order chi connectivity index (χ0) is 13.5. The molecule has 108 valence electrons. The molecule has 1 aliphatic rings. The normalized spacial score (nSPS) is 19.3. The summed E-state index contributed by atoms with van der Waals surface area (Å²) in [6.45, 7) is 3.24. The van der Waals surface area contributed by atoms with Gasteiger partial charge in [0.1, 0.15) is 0 Å². The van der Waals surface area contributed by atoms with E-state index in [1.54, 1.807) is 0 Å². The van der Waals surface area contributed by atoms with Crippen molar-refractivity contribution in [3.63, 3.8) is 0 Å². The molecule has 1 aromatic rings. The van der Waals surface area contributed by atoms with Gasteiger partial charge in [-0.1, -0.05) is 32.6 Å². The first-order chi connectivity index (χ1) is 9.33. The number of hydrogen-bond acceptors (Lipinski definition) is 3. The fourth-order valence-corrected chi connectivity index (χ4v) is 2.90. The maximum absolute atomic E-state index is 9.62. The van der Waals surface area contributed by atoms with E-state index in [4.69, 9.17) is 0 Å². The van der Waals surface area contributed by atoms with Crippen LogP contribution in [0.25, 0.3) is 0 Å². The van der Waals surface area contributed by atoms with Gasteiger partial charge >= 0.3 is 0 Å². The van der Waals surface area contributed by atoms with Crippen LogP contribution in [0.1, 0.15) is 63.5 Å². The van der Waals surface area contributed by atoms with Crippen LogP contribution in [-0.4, -0.2) is 27.5 Å². The Morgan fingerprint density at radius 2 is 2.11 bits per heavy atom. The van der Waals surface area contributed by atoms with E-state index in [-0.39, 0.29) is 12.6 Å². The van der Waals surface area contributed by atoms with Crippen LogP contribution in [-0.2, 0) is 6.54 Å². The van der Waals surface area contributed by atoms with Crippen molar-refractivity contribution in [2.75, 3.05) is 6.61 Å². The summed E-state index contributed by atoms with van der Waals surface area (Å²) in [5.74, 6) is 0. The van der Waals surface area contributed by atoms with Crippen LogP contribution in [0.2, 0.25) is 0 Å². The van der Waals surface area contributed by atoms with E-state index >= 15 is 0 Å². The minimum absolute atomic E-state index is 0.0358. The first-order valence-corrected chi connectivity index (χ1v) is 7.72. The molecule has 0 aromatic carbocycles. The quantitative estimate of drug-likeness (QED) is 0.777. The second-order valence-electron chi connectivity index (χ2n) is 5.63. The van der Waals surface area contributed by atoms with Gasteiger partial charge in [-0.15, -0.1) is 0 Å². The summed E-state index contributed by atoms with van der Waals surface area (Å²) in [6.07, 6.45) is 12.8. The molecule has 19 heavy (non-hydrogen) atoms. The lowest BCUT2D eigenvalue weighted by Gasteiger charge is -2.22. The molecule has 2 rings (SSSR count). The second kappa shape index (κ2) is 7.65. The summed E-state index contributed by atoms with van der Waals surface area (Å²) in [5, 5.41) is 17.6. The van der Waals surface area contributed by atoms with Gasteiger partial charge in [0.15, 0.2) is 0 Å². The van der Waals surface area contributed by atoms with Gasteiger partial charge in [0.2, 0.25) is 0 Å². The molecular weight excluding hydrogens is 238 g/mol. The van der Waals surface area contributed by atoms with Crippen molar-refractivity contribution in [3.8, 4) is 0 Å². The van der Waals surface area contributed by atoms with E-state index in [1.807, 2.05) is 10.9 Å². The third-order valence-electron chi connectivity index (χ3n) is 3.98. The van der Waals surface area contributed by atoms with E-state index in [9.17, 15) is 5.11 Å². The Morgan fingerprint density at radius 3 is 2.74 bits per heavy atom. The summed E-state index contributed by atoms with van der Waals surface area (Å²) in [7, 11) is 0. The van der Waals surface area contributed by atoms with Crippen molar-refractivity contribution < 1.29 is 5.11 Å². The van der Waals surface area contributed by atoms with Gasteiger partial charge in [-0.25, -0.2) is 0 Å². The number of nitrogens with one attached hydrogen (secondary N) is 1. The third-order valence-corrected chi connectivity index (χ3v) is 3.98. The van der Waals surface area contributed by atoms with E-state index in [0.29, 0.717) is 6.04 Å². The van der Waals surface area contributed by atoms with Gasteiger partial charge < -0.3 is 10.4 Å². The van der Waals surface area contributed by atoms with Crippen molar-refractivity contribution >= 4 is 0 Å². The number of nitrogens with zero attached hydrogens (tertiary/aromatic N) is 2. The zero-order valence-electron chi connectivity index (χ0n) is 12.0. The molecule has 0 amide bonds. The van der Waals surface area contributed by atoms with Crippen LogP contribution in [0.3, 0.4) is 0 Å². The van der Waals surface area contributed by atoms with Crippen molar-refractivity contribution in [1.29, 1.82) is 0 Å². The predicted octanol–water partition coefficient (Wildman–Crippen LogP) is 2.64. The van der Waals surface area contributed by atoms with Crippen LogP contribution in [0.5, 0.6) is 0 Å². The largest absolute Gasteiger partial charge is 0.394 e. The Labute approximate surface area is 116 Å². The predicted molar refractivity (Wildman–Crippen MR) is 77.0 cm³/mol. The summed E-state index contributed by atoms with van der Waals surface area (Å²) < 4.78 is 1.97. The fraction of sp³-hybridized carbons (Fsp3) is 0.800. The first kappa shape index (κ1) is 14.5. The Hall–Kier alpha value is -0.870. The summed E-state index contributed by atoms with van der Waals surface area (Å²) in [6, 6.07) is 0.586. The van der Waals surface area contributed by atoms with Crippen molar-refractivity contribution in [3.05, 3.63) is 18.0 Å². The number of aromatic nitrogens is 2. The first-order valence-electron chi connectivity index (χ1n) is 7.72. The van der Waals surface area contributed by atoms with Gasteiger partial charge in [0, 0.05) is 24.3 Å². The minimum Gasteiger partial charge on any atom is -0.394 e.